The standard InChI is InChI=1S/C18H23Cl3N4O2S/c1-10(2)15(27)22-16(18(19,20)21)23-17(28)24-7-11-6-12(9-24)13-4-3-5-14(26)25(13)8-11/h3-5,10-12,16H,6-9H2,1-2H3,(H,22,27)(H,23,28)/t11?,12-,16?/m0/s1. The van der Waals surface area contributed by atoms with Crippen LogP contribution in [-0.4, -0.2) is 43.5 Å². The topological polar surface area (TPSA) is 66.4 Å². The smallest absolute Gasteiger partial charge is 0.250 e. The molecule has 2 aliphatic rings. The predicted octanol–water partition coefficient (Wildman–Crippen LogP) is 2.61. The zero-order chi connectivity index (χ0) is 20.6. The van der Waals surface area contributed by atoms with Gasteiger partial charge < -0.3 is 20.1 Å². The number of carbonyl (C=O) groups is 1. The van der Waals surface area contributed by atoms with Crippen LogP contribution in [0.1, 0.15) is 31.9 Å². The van der Waals surface area contributed by atoms with Crippen LogP contribution in [0.2, 0.25) is 0 Å². The van der Waals surface area contributed by atoms with E-state index in [1.807, 2.05) is 15.5 Å². The molecule has 3 rings (SSSR count). The monoisotopic (exact) mass is 464 g/mol. The Labute approximate surface area is 184 Å². The van der Waals surface area contributed by atoms with Crippen molar-refractivity contribution in [1.29, 1.82) is 0 Å². The number of rotatable bonds is 3. The van der Waals surface area contributed by atoms with Crippen LogP contribution >= 0.6 is 47.0 Å². The van der Waals surface area contributed by atoms with Crippen molar-refractivity contribution in [2.75, 3.05) is 13.1 Å². The van der Waals surface area contributed by atoms with E-state index in [4.69, 9.17) is 47.0 Å². The molecule has 0 radical (unpaired) electrons. The Morgan fingerprint density at radius 3 is 2.57 bits per heavy atom. The maximum Gasteiger partial charge on any atom is 0.250 e. The molecule has 3 heterocycles. The average molecular weight is 466 g/mol. The van der Waals surface area contributed by atoms with Gasteiger partial charge >= 0.3 is 0 Å². The molecule has 1 aromatic rings. The lowest BCUT2D eigenvalue weighted by atomic mass is 9.83. The third-order valence-corrected chi connectivity index (χ3v) is 6.20. The molecule has 0 spiro atoms. The largest absolute Gasteiger partial charge is 0.348 e. The van der Waals surface area contributed by atoms with E-state index in [0.717, 1.165) is 12.1 Å². The van der Waals surface area contributed by atoms with Crippen molar-refractivity contribution in [2.24, 2.45) is 11.8 Å². The number of likely N-dealkylation sites (tertiary alicyclic amines) is 1. The summed E-state index contributed by atoms with van der Waals surface area (Å²) in [5.41, 5.74) is 1.07. The highest BCUT2D eigenvalue weighted by Gasteiger charge is 2.39. The average Bonchev–Trinajstić information content (AvgIpc) is 2.61. The van der Waals surface area contributed by atoms with Crippen molar-refractivity contribution in [2.45, 2.75) is 42.7 Å². The SMILES string of the molecule is CC(C)C(=O)NC(NC(=S)N1CC2C[C@@H](C1)c1cccc(=O)n1C2)C(Cl)(Cl)Cl. The zero-order valence-corrected chi connectivity index (χ0v) is 18.7. The quantitative estimate of drug-likeness (QED) is 0.408. The van der Waals surface area contributed by atoms with Crippen molar-refractivity contribution >= 4 is 58.0 Å². The van der Waals surface area contributed by atoms with Crippen LogP contribution in [0.25, 0.3) is 0 Å². The van der Waals surface area contributed by atoms with Gasteiger partial charge in [0.15, 0.2) is 5.11 Å². The number of carbonyl (C=O) groups excluding carboxylic acids is 1. The molecule has 3 atom stereocenters. The molecule has 1 aromatic heterocycles. The van der Waals surface area contributed by atoms with Gasteiger partial charge in [-0.1, -0.05) is 54.7 Å². The van der Waals surface area contributed by atoms with Gasteiger partial charge in [-0.2, -0.15) is 0 Å². The summed E-state index contributed by atoms with van der Waals surface area (Å²) in [4.78, 5) is 26.2. The van der Waals surface area contributed by atoms with Gasteiger partial charge in [-0.25, -0.2) is 0 Å². The molecule has 28 heavy (non-hydrogen) atoms. The highest BCUT2D eigenvalue weighted by atomic mass is 35.6. The van der Waals surface area contributed by atoms with Gasteiger partial charge in [0.25, 0.3) is 5.56 Å². The van der Waals surface area contributed by atoms with Gasteiger partial charge in [-0.05, 0) is 30.6 Å². The lowest BCUT2D eigenvalue weighted by Gasteiger charge is -2.44. The molecular formula is C18H23Cl3N4O2S. The summed E-state index contributed by atoms with van der Waals surface area (Å²) in [5.74, 6) is 0.0185. The van der Waals surface area contributed by atoms with Crippen LogP contribution in [0.5, 0.6) is 0 Å². The number of hydrogen-bond acceptors (Lipinski definition) is 3. The summed E-state index contributed by atoms with van der Waals surface area (Å²) < 4.78 is 0.0970. The molecule has 154 valence electrons. The Hall–Kier alpha value is -1.02. The molecule has 2 bridgehead atoms. The van der Waals surface area contributed by atoms with Gasteiger partial charge in [0.1, 0.15) is 6.17 Å². The molecule has 1 amide bonds. The predicted molar refractivity (Wildman–Crippen MR) is 116 cm³/mol. The summed E-state index contributed by atoms with van der Waals surface area (Å²) in [6, 6.07) is 5.39. The molecule has 1 fully saturated rings. The van der Waals surface area contributed by atoms with Gasteiger partial charge in [0.2, 0.25) is 9.70 Å². The summed E-state index contributed by atoms with van der Waals surface area (Å²) >= 11 is 23.7. The minimum Gasteiger partial charge on any atom is -0.348 e. The van der Waals surface area contributed by atoms with Crippen LogP contribution in [0.3, 0.4) is 0 Å². The Bertz CT molecular complexity index is 824. The van der Waals surface area contributed by atoms with Crippen LogP contribution in [0.15, 0.2) is 23.0 Å². The van der Waals surface area contributed by atoms with Crippen LogP contribution in [0, 0.1) is 11.8 Å². The third-order valence-electron chi connectivity index (χ3n) is 5.17. The van der Waals surface area contributed by atoms with Gasteiger partial charge in [0, 0.05) is 43.2 Å². The number of nitrogens with zero attached hydrogens (tertiary/aromatic N) is 2. The van der Waals surface area contributed by atoms with E-state index in [2.05, 4.69) is 10.6 Å². The molecule has 0 aromatic carbocycles. The van der Waals surface area contributed by atoms with E-state index >= 15 is 0 Å². The second kappa shape index (κ2) is 8.38. The maximum atomic E-state index is 12.2. The molecule has 2 N–H and O–H groups in total. The van der Waals surface area contributed by atoms with Gasteiger partial charge in [-0.3, -0.25) is 9.59 Å². The lowest BCUT2D eigenvalue weighted by molar-refractivity contribution is -0.124. The number of thiocarbonyl (C=S) groups is 1. The number of aromatic nitrogens is 1. The Balaban J connectivity index is 1.73. The fraction of sp³-hybridized carbons (Fsp3) is 0.611. The van der Waals surface area contributed by atoms with Crippen LogP contribution < -0.4 is 16.2 Å². The molecular weight excluding hydrogens is 443 g/mol. The molecule has 6 nitrogen and oxygen atoms in total. The van der Waals surface area contributed by atoms with Crippen molar-refractivity contribution in [3.8, 4) is 0 Å². The second-order valence-corrected chi connectivity index (χ2v) is 10.4. The van der Waals surface area contributed by atoms with E-state index in [-0.39, 0.29) is 23.3 Å². The first-order valence-electron chi connectivity index (χ1n) is 9.18. The van der Waals surface area contributed by atoms with Crippen LogP contribution in [0.4, 0.5) is 0 Å². The first-order valence-corrected chi connectivity index (χ1v) is 10.7. The third kappa shape index (κ3) is 4.75. The summed E-state index contributed by atoms with van der Waals surface area (Å²) in [5, 5.41) is 6.11. The van der Waals surface area contributed by atoms with Gasteiger partial charge in [-0.15, -0.1) is 0 Å². The highest BCUT2D eigenvalue weighted by Crippen LogP contribution is 2.35. The van der Waals surface area contributed by atoms with Crippen molar-refractivity contribution in [1.82, 2.24) is 20.1 Å². The number of nitrogens with one attached hydrogen (secondary N) is 2. The summed E-state index contributed by atoms with van der Waals surface area (Å²) in [6.07, 6.45) is 0.0668. The molecule has 0 aliphatic carbocycles. The van der Waals surface area contributed by atoms with Crippen molar-refractivity contribution in [3.63, 3.8) is 0 Å². The first-order chi connectivity index (χ1) is 13.1. The van der Waals surface area contributed by atoms with E-state index in [1.165, 1.54) is 0 Å². The summed E-state index contributed by atoms with van der Waals surface area (Å²) in [7, 11) is 0. The fourth-order valence-corrected chi connectivity index (χ4v) is 4.38. The summed E-state index contributed by atoms with van der Waals surface area (Å²) in [6.45, 7) is 5.55. The van der Waals surface area contributed by atoms with Crippen molar-refractivity contribution in [3.05, 3.63) is 34.2 Å². The Morgan fingerprint density at radius 2 is 1.93 bits per heavy atom. The number of hydrogen-bond donors (Lipinski definition) is 2. The molecule has 0 saturated carbocycles. The van der Waals surface area contributed by atoms with Gasteiger partial charge in [0.05, 0.1) is 0 Å². The fourth-order valence-electron chi connectivity index (χ4n) is 3.79. The molecule has 2 unspecified atom stereocenters. The molecule has 10 heteroatoms. The first kappa shape index (κ1) is 21.7. The number of pyridine rings is 1. The number of piperidine rings is 1. The zero-order valence-electron chi connectivity index (χ0n) is 15.6. The van der Waals surface area contributed by atoms with E-state index in [0.29, 0.717) is 30.7 Å². The highest BCUT2D eigenvalue weighted by molar-refractivity contribution is 7.80. The van der Waals surface area contributed by atoms with Crippen LogP contribution in [-0.2, 0) is 11.3 Å². The van der Waals surface area contributed by atoms with E-state index in [9.17, 15) is 9.59 Å². The number of alkyl halides is 3. The molecule has 1 saturated heterocycles. The maximum absolute atomic E-state index is 12.2. The Morgan fingerprint density at radius 1 is 1.21 bits per heavy atom. The number of amides is 1. The van der Waals surface area contributed by atoms with E-state index in [1.54, 1.807) is 26.0 Å². The van der Waals surface area contributed by atoms with E-state index < -0.39 is 9.96 Å². The second-order valence-electron chi connectivity index (χ2n) is 7.69. The minimum atomic E-state index is -1.76. The Kier molecular flexibility index (Phi) is 6.49. The number of fused-ring (bicyclic) bond motifs is 4. The van der Waals surface area contributed by atoms with Crippen molar-refractivity contribution < 1.29 is 4.79 Å². The normalized spacial score (nSPS) is 22.4. The lowest BCUT2D eigenvalue weighted by Crippen LogP contribution is -2.60. The molecule has 2 aliphatic heterocycles. The number of halogens is 3. The minimum absolute atomic E-state index is 0.0361.